The number of carbonyl (C=O) groups is 1. The Labute approximate surface area is 161 Å². The number of phenolic OH excluding ortho intramolecular Hbond substituents is 1. The molecular formula is C21H22NO6+. The second-order valence-electron chi connectivity index (χ2n) is 6.40. The largest absolute Gasteiger partial charge is 0.508 e. The summed E-state index contributed by atoms with van der Waals surface area (Å²) in [6, 6.07) is 10.1. The van der Waals surface area contributed by atoms with Gasteiger partial charge in [-0.25, -0.2) is 9.59 Å². The molecule has 0 fully saturated rings. The minimum Gasteiger partial charge on any atom is -0.508 e. The number of fused-ring (bicyclic) bond motifs is 1. The molecule has 0 aliphatic carbocycles. The van der Waals surface area contributed by atoms with E-state index >= 15 is 0 Å². The molecule has 0 saturated heterocycles. The highest BCUT2D eigenvalue weighted by atomic mass is 16.5. The SMILES string of the molecule is COC(=O)c1cc(C[NH2+]Cc2cc(=O)oc3c(C)c(O)ccc23)ccc1OC. The molecule has 7 nitrogen and oxygen atoms in total. The fourth-order valence-electron chi connectivity index (χ4n) is 3.13. The van der Waals surface area contributed by atoms with E-state index in [-0.39, 0.29) is 5.75 Å². The number of benzene rings is 2. The molecule has 0 saturated carbocycles. The van der Waals surface area contributed by atoms with E-state index in [1.54, 1.807) is 31.2 Å². The third-order valence-electron chi connectivity index (χ3n) is 4.63. The van der Waals surface area contributed by atoms with Crippen LogP contribution in [0.5, 0.6) is 11.5 Å². The van der Waals surface area contributed by atoms with Crippen molar-refractivity contribution in [1.29, 1.82) is 0 Å². The smallest absolute Gasteiger partial charge is 0.341 e. The van der Waals surface area contributed by atoms with Crippen molar-refractivity contribution in [2.45, 2.75) is 20.0 Å². The molecule has 1 aromatic heterocycles. The average molecular weight is 384 g/mol. The molecule has 0 unspecified atom stereocenters. The number of hydrogen-bond donors (Lipinski definition) is 2. The van der Waals surface area contributed by atoms with E-state index in [1.807, 2.05) is 11.4 Å². The molecule has 28 heavy (non-hydrogen) atoms. The fourth-order valence-corrected chi connectivity index (χ4v) is 3.13. The molecule has 1 heterocycles. The van der Waals surface area contributed by atoms with E-state index in [1.165, 1.54) is 20.3 Å². The molecule has 3 N–H and O–H groups in total. The summed E-state index contributed by atoms with van der Waals surface area (Å²) < 4.78 is 15.3. The third-order valence-corrected chi connectivity index (χ3v) is 4.63. The topological polar surface area (TPSA) is 103 Å². The molecule has 3 aromatic rings. The molecule has 0 spiro atoms. The molecule has 0 amide bonds. The zero-order valence-electron chi connectivity index (χ0n) is 15.9. The molecule has 2 aromatic carbocycles. The lowest BCUT2D eigenvalue weighted by Crippen LogP contribution is -2.80. The van der Waals surface area contributed by atoms with Gasteiger partial charge in [0.25, 0.3) is 0 Å². The predicted molar refractivity (Wildman–Crippen MR) is 103 cm³/mol. The van der Waals surface area contributed by atoms with Gasteiger partial charge in [-0.05, 0) is 37.3 Å². The maximum Gasteiger partial charge on any atom is 0.341 e. The van der Waals surface area contributed by atoms with Gasteiger partial charge >= 0.3 is 11.6 Å². The first-order chi connectivity index (χ1) is 13.4. The van der Waals surface area contributed by atoms with Crippen LogP contribution < -0.4 is 15.7 Å². The predicted octanol–water partition coefficient (Wildman–Crippen LogP) is 1.87. The fraction of sp³-hybridized carbons (Fsp3) is 0.238. The lowest BCUT2D eigenvalue weighted by Gasteiger charge is -2.10. The van der Waals surface area contributed by atoms with Crippen LogP contribution in [-0.2, 0) is 17.8 Å². The van der Waals surface area contributed by atoms with Crippen LogP contribution in [0.15, 0.2) is 45.6 Å². The highest BCUT2D eigenvalue weighted by Crippen LogP contribution is 2.27. The lowest BCUT2D eigenvalue weighted by molar-refractivity contribution is -0.686. The number of aromatic hydroxyl groups is 1. The first-order valence-corrected chi connectivity index (χ1v) is 8.76. The van der Waals surface area contributed by atoms with Crippen molar-refractivity contribution in [3.05, 3.63) is 69.1 Å². The molecular weight excluding hydrogens is 362 g/mol. The van der Waals surface area contributed by atoms with Crippen LogP contribution in [-0.4, -0.2) is 25.3 Å². The third kappa shape index (κ3) is 3.84. The number of methoxy groups -OCH3 is 2. The van der Waals surface area contributed by atoms with Crippen molar-refractivity contribution < 1.29 is 29.1 Å². The Morgan fingerprint density at radius 3 is 2.64 bits per heavy atom. The Kier molecular flexibility index (Phi) is 5.65. The molecule has 0 radical (unpaired) electrons. The lowest BCUT2D eigenvalue weighted by atomic mass is 10.1. The minimum atomic E-state index is -0.458. The van der Waals surface area contributed by atoms with Gasteiger partial charge in [0.05, 0.1) is 14.2 Å². The zero-order valence-corrected chi connectivity index (χ0v) is 15.9. The molecule has 146 valence electrons. The Hall–Kier alpha value is -3.32. The van der Waals surface area contributed by atoms with E-state index in [0.29, 0.717) is 35.5 Å². The van der Waals surface area contributed by atoms with Crippen molar-refractivity contribution in [2.24, 2.45) is 0 Å². The van der Waals surface area contributed by atoms with Gasteiger partial charge in [-0.15, -0.1) is 0 Å². The average Bonchev–Trinajstić information content (AvgIpc) is 2.70. The van der Waals surface area contributed by atoms with Crippen molar-refractivity contribution in [1.82, 2.24) is 0 Å². The molecule has 0 bridgehead atoms. The maximum absolute atomic E-state index is 11.9. The molecule has 0 atom stereocenters. The van der Waals surface area contributed by atoms with E-state index in [2.05, 4.69) is 0 Å². The van der Waals surface area contributed by atoms with Crippen LogP contribution in [0.3, 0.4) is 0 Å². The quantitative estimate of drug-likeness (QED) is 0.497. The van der Waals surface area contributed by atoms with Crippen molar-refractivity contribution in [3.63, 3.8) is 0 Å². The second-order valence-corrected chi connectivity index (χ2v) is 6.40. The first kappa shape index (κ1) is 19.4. The number of hydrogen-bond acceptors (Lipinski definition) is 6. The van der Waals surface area contributed by atoms with Gasteiger partial charge in [0.1, 0.15) is 35.7 Å². The van der Waals surface area contributed by atoms with E-state index in [9.17, 15) is 14.7 Å². The summed E-state index contributed by atoms with van der Waals surface area (Å²) in [5.41, 5.74) is 2.58. The summed E-state index contributed by atoms with van der Waals surface area (Å²) >= 11 is 0. The van der Waals surface area contributed by atoms with E-state index in [4.69, 9.17) is 13.9 Å². The number of nitrogens with two attached hydrogens (primary N) is 1. The van der Waals surface area contributed by atoms with Crippen LogP contribution in [0.4, 0.5) is 0 Å². The summed E-state index contributed by atoms with van der Waals surface area (Å²) in [4.78, 5) is 23.8. The number of rotatable bonds is 6. The number of esters is 1. The highest BCUT2D eigenvalue weighted by Gasteiger charge is 2.15. The molecule has 0 aliphatic heterocycles. The Morgan fingerprint density at radius 1 is 1.14 bits per heavy atom. The number of aryl methyl sites for hydroxylation is 1. The van der Waals surface area contributed by atoms with E-state index in [0.717, 1.165) is 16.5 Å². The van der Waals surface area contributed by atoms with Crippen molar-refractivity contribution in [3.8, 4) is 11.5 Å². The normalized spacial score (nSPS) is 10.8. The molecule has 0 aliphatic rings. The number of ether oxygens (including phenoxy) is 2. The van der Waals surface area contributed by atoms with Crippen LogP contribution in [0, 0.1) is 6.92 Å². The van der Waals surface area contributed by atoms with Crippen LogP contribution in [0.25, 0.3) is 11.0 Å². The van der Waals surface area contributed by atoms with Gasteiger partial charge in [0, 0.05) is 28.1 Å². The summed E-state index contributed by atoms with van der Waals surface area (Å²) in [5.74, 6) is 0.0866. The maximum atomic E-state index is 11.9. The Bertz CT molecular complexity index is 1090. The van der Waals surface area contributed by atoms with E-state index < -0.39 is 11.6 Å². The molecule has 3 rings (SSSR count). The minimum absolute atomic E-state index is 0.0883. The summed E-state index contributed by atoms with van der Waals surface area (Å²) in [6.07, 6.45) is 0. The highest BCUT2D eigenvalue weighted by molar-refractivity contribution is 5.92. The van der Waals surface area contributed by atoms with Gasteiger partial charge in [0.15, 0.2) is 0 Å². The summed E-state index contributed by atoms with van der Waals surface area (Å²) in [6.45, 7) is 2.83. The van der Waals surface area contributed by atoms with Gasteiger partial charge in [-0.2, -0.15) is 0 Å². The van der Waals surface area contributed by atoms with Crippen LogP contribution in [0.1, 0.15) is 27.0 Å². The second kappa shape index (κ2) is 8.14. The van der Waals surface area contributed by atoms with Gasteiger partial charge in [-0.3, -0.25) is 0 Å². The van der Waals surface area contributed by atoms with Crippen molar-refractivity contribution in [2.75, 3.05) is 14.2 Å². The van der Waals surface area contributed by atoms with Crippen LogP contribution >= 0.6 is 0 Å². The van der Waals surface area contributed by atoms with Crippen molar-refractivity contribution >= 4 is 16.9 Å². The van der Waals surface area contributed by atoms with Gasteiger partial charge in [-0.1, -0.05) is 0 Å². The summed E-state index contributed by atoms with van der Waals surface area (Å²) in [7, 11) is 2.83. The number of phenols is 1. The number of quaternary nitrogens is 1. The van der Waals surface area contributed by atoms with Crippen LogP contribution in [0.2, 0.25) is 0 Å². The standard InChI is InChI=1S/C21H21NO6/c1-12-17(23)6-5-15-14(9-19(24)28-20(12)15)11-22-10-13-4-7-18(26-2)16(8-13)21(25)27-3/h4-9,22-23H,10-11H2,1-3H3/p+1. The van der Waals surface area contributed by atoms with Gasteiger partial charge in [0.2, 0.25) is 0 Å². The first-order valence-electron chi connectivity index (χ1n) is 8.76. The Balaban J connectivity index is 1.82. The molecule has 7 heteroatoms. The zero-order chi connectivity index (χ0) is 20.3. The Morgan fingerprint density at radius 2 is 1.93 bits per heavy atom. The summed E-state index contributed by atoms with van der Waals surface area (Å²) in [5, 5.41) is 12.6. The van der Waals surface area contributed by atoms with Gasteiger partial charge < -0.3 is 24.3 Å². The monoisotopic (exact) mass is 384 g/mol. The number of carbonyl (C=O) groups excluding carboxylic acids is 1.